The molecule has 0 aliphatic carbocycles. The number of benzene rings is 3. The van der Waals surface area contributed by atoms with E-state index in [4.69, 9.17) is 10.3 Å². The number of nitrogen functional groups attached to an aromatic ring is 1. The molecule has 3 rings (SSSR count). The fraction of sp³-hybridized carbons (Fsp3) is 0.0556. The number of nitrogens with one attached hydrogen (secondary N) is 1. The van der Waals surface area contributed by atoms with E-state index in [2.05, 4.69) is 5.32 Å². The predicted molar refractivity (Wildman–Crippen MR) is 99.0 cm³/mol. The number of aryl methyl sites for hydroxylation is 1. The molecule has 0 heterocycles. The van der Waals surface area contributed by atoms with Crippen molar-refractivity contribution in [3.05, 3.63) is 59.7 Å². The first-order valence-corrected chi connectivity index (χ1v) is 9.01. The summed E-state index contributed by atoms with van der Waals surface area (Å²) in [6, 6.07) is 11.9. The summed E-state index contributed by atoms with van der Waals surface area (Å²) in [5.41, 5.74) is 7.68. The first-order valence-electron chi connectivity index (χ1n) is 7.57. The van der Waals surface area contributed by atoms with Gasteiger partial charge in [0.25, 0.3) is 16.0 Å². The van der Waals surface area contributed by atoms with Gasteiger partial charge in [-0.2, -0.15) is 8.42 Å². The molecule has 134 valence electrons. The van der Waals surface area contributed by atoms with Crippen molar-refractivity contribution in [3.63, 3.8) is 0 Å². The topological polar surface area (TPSA) is 130 Å². The molecular formula is C18H16N2O5S. The average Bonchev–Trinajstić information content (AvgIpc) is 2.53. The van der Waals surface area contributed by atoms with Gasteiger partial charge in [-0.05, 0) is 42.1 Å². The van der Waals surface area contributed by atoms with Gasteiger partial charge in [0, 0.05) is 17.1 Å². The molecule has 0 aliphatic heterocycles. The summed E-state index contributed by atoms with van der Waals surface area (Å²) in [5.74, 6) is -0.851. The molecule has 0 spiro atoms. The van der Waals surface area contributed by atoms with Gasteiger partial charge >= 0.3 is 0 Å². The number of rotatable bonds is 3. The third-order valence-electron chi connectivity index (χ3n) is 3.93. The highest BCUT2D eigenvalue weighted by molar-refractivity contribution is 7.85. The first-order chi connectivity index (χ1) is 12.2. The summed E-state index contributed by atoms with van der Waals surface area (Å²) in [6.07, 6.45) is 0. The van der Waals surface area contributed by atoms with Gasteiger partial charge in [0.05, 0.1) is 16.1 Å². The van der Waals surface area contributed by atoms with Gasteiger partial charge in [0.15, 0.2) is 0 Å². The maximum absolute atomic E-state index is 12.5. The quantitative estimate of drug-likeness (QED) is 0.413. The number of carbonyl (C=O) groups excluding carboxylic acids is 1. The lowest BCUT2D eigenvalue weighted by Gasteiger charge is -2.12. The van der Waals surface area contributed by atoms with Crippen molar-refractivity contribution in [2.45, 2.75) is 11.8 Å². The number of nitrogens with two attached hydrogens (primary N) is 1. The largest absolute Gasteiger partial charge is 0.507 e. The van der Waals surface area contributed by atoms with Gasteiger partial charge in [0.2, 0.25) is 0 Å². The summed E-state index contributed by atoms with van der Waals surface area (Å²) in [5, 5.41) is 13.5. The lowest BCUT2D eigenvalue weighted by atomic mass is 10.1. The molecule has 0 aliphatic rings. The second kappa shape index (κ2) is 6.32. The molecule has 0 aromatic heterocycles. The average molecular weight is 372 g/mol. The van der Waals surface area contributed by atoms with Crippen molar-refractivity contribution >= 4 is 38.2 Å². The number of phenolic OH excluding ortho intramolecular Hbond substituents is 1. The summed E-state index contributed by atoms with van der Waals surface area (Å²) in [7, 11) is -4.47. The molecule has 0 radical (unpaired) electrons. The molecule has 26 heavy (non-hydrogen) atoms. The minimum absolute atomic E-state index is 0.249. The molecule has 0 atom stereocenters. The number of aromatic hydroxyl groups is 1. The van der Waals surface area contributed by atoms with Crippen molar-refractivity contribution in [2.24, 2.45) is 0 Å². The van der Waals surface area contributed by atoms with Gasteiger partial charge in [0.1, 0.15) is 5.75 Å². The van der Waals surface area contributed by atoms with Crippen LogP contribution in [-0.2, 0) is 10.1 Å². The molecule has 7 nitrogen and oxygen atoms in total. The maximum atomic E-state index is 12.5. The van der Waals surface area contributed by atoms with Crippen LogP contribution in [0.4, 0.5) is 11.4 Å². The Balaban J connectivity index is 2.07. The normalized spacial score (nSPS) is 11.5. The lowest BCUT2D eigenvalue weighted by Crippen LogP contribution is -2.14. The molecule has 3 aromatic rings. The Labute approximate surface area is 149 Å². The summed E-state index contributed by atoms with van der Waals surface area (Å²) >= 11 is 0. The highest BCUT2D eigenvalue weighted by Crippen LogP contribution is 2.34. The van der Waals surface area contributed by atoms with Crippen molar-refractivity contribution in [1.82, 2.24) is 0 Å². The Morgan fingerprint density at radius 1 is 1.12 bits per heavy atom. The van der Waals surface area contributed by atoms with Crippen molar-refractivity contribution < 1.29 is 22.9 Å². The van der Waals surface area contributed by atoms with Crippen LogP contribution in [0.25, 0.3) is 10.8 Å². The van der Waals surface area contributed by atoms with E-state index in [0.717, 1.165) is 11.6 Å². The Morgan fingerprint density at radius 2 is 1.85 bits per heavy atom. The Kier molecular flexibility index (Phi) is 4.31. The molecule has 8 heteroatoms. The van der Waals surface area contributed by atoms with Crippen LogP contribution in [0.3, 0.4) is 0 Å². The van der Waals surface area contributed by atoms with Crippen LogP contribution in [0.15, 0.2) is 53.4 Å². The SMILES string of the molecule is Cc1ccc(C(=O)Nc2cccc3cc(S(=O)(=O)O)cc(O)c23)c(N)c1. The number of amides is 1. The van der Waals surface area contributed by atoms with Crippen LogP contribution < -0.4 is 11.1 Å². The van der Waals surface area contributed by atoms with E-state index in [1.54, 1.807) is 36.4 Å². The van der Waals surface area contributed by atoms with Crippen molar-refractivity contribution in [3.8, 4) is 5.75 Å². The van der Waals surface area contributed by atoms with Crippen LogP contribution in [0.2, 0.25) is 0 Å². The van der Waals surface area contributed by atoms with E-state index in [1.165, 1.54) is 6.07 Å². The van der Waals surface area contributed by atoms with Crippen LogP contribution >= 0.6 is 0 Å². The van der Waals surface area contributed by atoms with Crippen LogP contribution in [-0.4, -0.2) is 24.0 Å². The van der Waals surface area contributed by atoms with Gasteiger partial charge < -0.3 is 16.2 Å². The number of carbonyl (C=O) groups is 1. The highest BCUT2D eigenvalue weighted by Gasteiger charge is 2.17. The summed E-state index contributed by atoms with van der Waals surface area (Å²) in [6.45, 7) is 1.85. The Hall–Kier alpha value is -3.10. The van der Waals surface area contributed by atoms with Gasteiger partial charge in [-0.3, -0.25) is 9.35 Å². The standard InChI is InChI=1S/C18H16N2O5S/c1-10-5-6-13(14(19)7-10)18(22)20-15-4-2-3-11-8-12(26(23,24)25)9-16(21)17(11)15/h2-9,21H,19H2,1H3,(H,20,22)(H,23,24,25). The summed E-state index contributed by atoms with van der Waals surface area (Å²) < 4.78 is 31.8. The zero-order valence-corrected chi connectivity index (χ0v) is 14.5. The number of phenols is 1. The number of fused-ring (bicyclic) bond motifs is 1. The van der Waals surface area contributed by atoms with Crippen LogP contribution in [0.5, 0.6) is 5.75 Å². The highest BCUT2D eigenvalue weighted by atomic mass is 32.2. The van der Waals surface area contributed by atoms with Crippen LogP contribution in [0, 0.1) is 6.92 Å². The van der Waals surface area contributed by atoms with E-state index in [1.807, 2.05) is 6.92 Å². The zero-order valence-electron chi connectivity index (χ0n) is 13.7. The molecule has 0 bridgehead atoms. The zero-order chi connectivity index (χ0) is 19.1. The molecule has 0 saturated heterocycles. The Bertz CT molecular complexity index is 1140. The van der Waals surface area contributed by atoms with Gasteiger partial charge in [-0.1, -0.05) is 18.2 Å². The molecule has 3 aromatic carbocycles. The van der Waals surface area contributed by atoms with Crippen LogP contribution in [0.1, 0.15) is 15.9 Å². The minimum atomic E-state index is -4.47. The number of hydrogen-bond donors (Lipinski definition) is 4. The number of anilines is 2. The molecule has 0 saturated carbocycles. The maximum Gasteiger partial charge on any atom is 0.294 e. The molecule has 1 amide bonds. The monoisotopic (exact) mass is 372 g/mol. The fourth-order valence-corrected chi connectivity index (χ4v) is 3.25. The van der Waals surface area contributed by atoms with Gasteiger partial charge in [-0.25, -0.2) is 0 Å². The number of hydrogen-bond acceptors (Lipinski definition) is 5. The molecule has 0 fully saturated rings. The smallest absolute Gasteiger partial charge is 0.294 e. The fourth-order valence-electron chi connectivity index (χ4n) is 2.71. The lowest BCUT2D eigenvalue weighted by molar-refractivity contribution is 0.102. The minimum Gasteiger partial charge on any atom is -0.507 e. The predicted octanol–water partition coefficient (Wildman–Crippen LogP) is 2.94. The third-order valence-corrected chi connectivity index (χ3v) is 4.76. The second-order valence-electron chi connectivity index (χ2n) is 5.87. The van der Waals surface area contributed by atoms with Gasteiger partial charge in [-0.15, -0.1) is 0 Å². The molecule has 0 unspecified atom stereocenters. The third kappa shape index (κ3) is 3.32. The van der Waals surface area contributed by atoms with E-state index in [9.17, 15) is 18.3 Å². The Morgan fingerprint density at radius 3 is 2.50 bits per heavy atom. The van der Waals surface area contributed by atoms with E-state index in [0.29, 0.717) is 11.1 Å². The van der Waals surface area contributed by atoms with E-state index >= 15 is 0 Å². The molecule has 5 N–H and O–H groups in total. The van der Waals surface area contributed by atoms with E-state index in [-0.39, 0.29) is 22.4 Å². The second-order valence-corrected chi connectivity index (χ2v) is 7.29. The summed E-state index contributed by atoms with van der Waals surface area (Å²) in [4.78, 5) is 12.1. The molecular weight excluding hydrogens is 356 g/mol. The van der Waals surface area contributed by atoms with E-state index < -0.39 is 20.9 Å². The van der Waals surface area contributed by atoms with Crippen molar-refractivity contribution in [2.75, 3.05) is 11.1 Å². The first kappa shape index (κ1) is 17.7. The van der Waals surface area contributed by atoms with Crippen molar-refractivity contribution in [1.29, 1.82) is 0 Å².